The number of nitrogens with zero attached hydrogens (tertiary/aromatic N) is 1. The molecular weight excluding hydrogens is 268 g/mol. The maximum absolute atomic E-state index is 9.12. The fraction of sp³-hybridized carbons (Fsp3) is 0.462. The van der Waals surface area contributed by atoms with E-state index in [2.05, 4.69) is 4.90 Å². The molecule has 1 aromatic carbocycles. The Kier molecular flexibility index (Phi) is 4.43. The molecule has 1 saturated heterocycles. The van der Waals surface area contributed by atoms with Gasteiger partial charge in [-0.15, -0.1) is 0 Å². The van der Waals surface area contributed by atoms with Crippen LogP contribution in [-0.4, -0.2) is 29.8 Å². The highest BCUT2D eigenvalue weighted by Gasteiger charge is 2.19. The van der Waals surface area contributed by atoms with E-state index < -0.39 is 0 Å². The highest BCUT2D eigenvalue weighted by atomic mass is 35.5. The summed E-state index contributed by atoms with van der Waals surface area (Å²) < 4.78 is 0. The van der Waals surface area contributed by atoms with Crippen LogP contribution in [0.4, 0.5) is 5.69 Å². The van der Waals surface area contributed by atoms with Gasteiger partial charge in [-0.05, 0) is 37.0 Å². The smallest absolute Gasteiger partial charge is 0.105 e. The number of thiocarbonyl (C=S) groups is 1. The van der Waals surface area contributed by atoms with Crippen molar-refractivity contribution in [2.75, 3.05) is 24.6 Å². The van der Waals surface area contributed by atoms with Gasteiger partial charge in [0.15, 0.2) is 0 Å². The molecule has 5 heteroatoms. The van der Waals surface area contributed by atoms with Crippen LogP contribution >= 0.6 is 23.8 Å². The molecule has 18 heavy (non-hydrogen) atoms. The van der Waals surface area contributed by atoms with E-state index in [-0.39, 0.29) is 6.61 Å². The average Bonchev–Trinajstić information content (AvgIpc) is 2.38. The molecule has 1 aliphatic heterocycles. The molecule has 1 aromatic rings. The largest absolute Gasteiger partial charge is 0.396 e. The lowest BCUT2D eigenvalue weighted by molar-refractivity contribution is 0.203. The van der Waals surface area contributed by atoms with E-state index in [0.29, 0.717) is 15.9 Å². The van der Waals surface area contributed by atoms with Crippen molar-refractivity contribution in [1.29, 1.82) is 0 Å². The monoisotopic (exact) mass is 284 g/mol. The molecule has 0 atom stereocenters. The summed E-state index contributed by atoms with van der Waals surface area (Å²) in [6, 6.07) is 5.78. The molecule has 0 bridgehead atoms. The molecule has 0 unspecified atom stereocenters. The van der Waals surface area contributed by atoms with Crippen LogP contribution in [0.2, 0.25) is 5.02 Å². The van der Waals surface area contributed by atoms with Gasteiger partial charge in [-0.1, -0.05) is 23.8 Å². The minimum atomic E-state index is 0.287. The Morgan fingerprint density at radius 2 is 2.11 bits per heavy atom. The zero-order chi connectivity index (χ0) is 13.1. The van der Waals surface area contributed by atoms with Gasteiger partial charge in [0.25, 0.3) is 0 Å². The van der Waals surface area contributed by atoms with Crippen LogP contribution in [0.15, 0.2) is 18.2 Å². The summed E-state index contributed by atoms with van der Waals surface area (Å²) >= 11 is 11.1. The van der Waals surface area contributed by atoms with Crippen molar-refractivity contribution in [1.82, 2.24) is 0 Å². The summed E-state index contributed by atoms with van der Waals surface area (Å²) in [5.41, 5.74) is 7.40. The van der Waals surface area contributed by atoms with Crippen molar-refractivity contribution >= 4 is 34.5 Å². The summed E-state index contributed by atoms with van der Waals surface area (Å²) in [5.74, 6) is 0.438. The Labute approximate surface area is 118 Å². The molecule has 0 radical (unpaired) electrons. The third kappa shape index (κ3) is 2.94. The number of piperidine rings is 1. The van der Waals surface area contributed by atoms with Crippen molar-refractivity contribution in [2.45, 2.75) is 12.8 Å². The van der Waals surface area contributed by atoms with Crippen molar-refractivity contribution in [3.8, 4) is 0 Å². The summed E-state index contributed by atoms with van der Waals surface area (Å²) in [5, 5.41) is 9.72. The fourth-order valence-corrected chi connectivity index (χ4v) is 2.78. The van der Waals surface area contributed by atoms with E-state index in [9.17, 15) is 0 Å². The SMILES string of the molecule is NC(=S)c1ccc(N2CCC(CO)CC2)cc1Cl. The Morgan fingerprint density at radius 3 is 2.61 bits per heavy atom. The number of hydrogen-bond donors (Lipinski definition) is 2. The number of aliphatic hydroxyl groups excluding tert-OH is 1. The summed E-state index contributed by atoms with van der Waals surface area (Å²) in [7, 11) is 0. The zero-order valence-electron chi connectivity index (χ0n) is 10.1. The number of anilines is 1. The van der Waals surface area contributed by atoms with Gasteiger partial charge < -0.3 is 15.7 Å². The highest BCUT2D eigenvalue weighted by molar-refractivity contribution is 7.80. The van der Waals surface area contributed by atoms with Crippen LogP contribution in [-0.2, 0) is 0 Å². The number of rotatable bonds is 3. The van der Waals surface area contributed by atoms with Gasteiger partial charge in [0, 0.05) is 30.9 Å². The van der Waals surface area contributed by atoms with E-state index in [1.165, 1.54) is 0 Å². The molecule has 0 amide bonds. The second kappa shape index (κ2) is 5.87. The maximum atomic E-state index is 9.12. The van der Waals surface area contributed by atoms with Crippen molar-refractivity contribution in [2.24, 2.45) is 11.7 Å². The number of aliphatic hydroxyl groups is 1. The van der Waals surface area contributed by atoms with E-state index in [0.717, 1.165) is 37.2 Å². The second-order valence-corrected chi connectivity index (χ2v) is 5.49. The fourth-order valence-electron chi connectivity index (χ4n) is 2.27. The van der Waals surface area contributed by atoms with Gasteiger partial charge in [-0.2, -0.15) is 0 Å². The second-order valence-electron chi connectivity index (χ2n) is 4.64. The van der Waals surface area contributed by atoms with Crippen LogP contribution in [0.25, 0.3) is 0 Å². The first-order chi connectivity index (χ1) is 8.61. The Bertz CT molecular complexity index is 445. The molecule has 1 fully saturated rings. The Balaban J connectivity index is 2.11. The number of halogens is 1. The number of benzene rings is 1. The van der Waals surface area contributed by atoms with Crippen LogP contribution in [0.5, 0.6) is 0 Å². The Morgan fingerprint density at radius 1 is 1.44 bits per heavy atom. The maximum Gasteiger partial charge on any atom is 0.105 e. The number of nitrogens with two attached hydrogens (primary N) is 1. The van der Waals surface area contributed by atoms with E-state index in [1.807, 2.05) is 18.2 Å². The summed E-state index contributed by atoms with van der Waals surface area (Å²) in [6.45, 7) is 2.19. The molecule has 1 aliphatic rings. The lowest BCUT2D eigenvalue weighted by atomic mass is 9.97. The minimum absolute atomic E-state index is 0.287. The van der Waals surface area contributed by atoms with Gasteiger partial charge in [0.05, 0.1) is 5.02 Å². The lowest BCUT2D eigenvalue weighted by Gasteiger charge is -2.33. The van der Waals surface area contributed by atoms with Crippen LogP contribution in [0, 0.1) is 5.92 Å². The van der Waals surface area contributed by atoms with Crippen molar-refractivity contribution in [3.63, 3.8) is 0 Å². The molecule has 0 saturated carbocycles. The van der Waals surface area contributed by atoms with Crippen molar-refractivity contribution < 1.29 is 5.11 Å². The third-order valence-corrected chi connectivity index (χ3v) is 3.99. The zero-order valence-corrected chi connectivity index (χ0v) is 11.7. The van der Waals surface area contributed by atoms with E-state index in [1.54, 1.807) is 0 Å². The quantitative estimate of drug-likeness (QED) is 0.836. The minimum Gasteiger partial charge on any atom is -0.396 e. The topological polar surface area (TPSA) is 49.5 Å². The summed E-state index contributed by atoms with van der Waals surface area (Å²) in [4.78, 5) is 2.60. The lowest BCUT2D eigenvalue weighted by Crippen LogP contribution is -2.34. The van der Waals surface area contributed by atoms with Crippen LogP contribution in [0.1, 0.15) is 18.4 Å². The van der Waals surface area contributed by atoms with Crippen molar-refractivity contribution in [3.05, 3.63) is 28.8 Å². The molecule has 0 aliphatic carbocycles. The normalized spacial score (nSPS) is 16.9. The van der Waals surface area contributed by atoms with Gasteiger partial charge in [0.2, 0.25) is 0 Å². The summed E-state index contributed by atoms with van der Waals surface area (Å²) in [6.07, 6.45) is 2.04. The Hall–Kier alpha value is -0.840. The van der Waals surface area contributed by atoms with Crippen LogP contribution < -0.4 is 10.6 Å². The van der Waals surface area contributed by atoms with Crippen LogP contribution in [0.3, 0.4) is 0 Å². The third-order valence-electron chi connectivity index (χ3n) is 3.46. The molecule has 3 N–H and O–H groups in total. The van der Waals surface area contributed by atoms with Gasteiger partial charge in [-0.3, -0.25) is 0 Å². The molecule has 0 aromatic heterocycles. The molecule has 1 heterocycles. The predicted octanol–water partition coefficient (Wildman–Crippen LogP) is 2.18. The van der Waals surface area contributed by atoms with Gasteiger partial charge in [-0.25, -0.2) is 0 Å². The van der Waals surface area contributed by atoms with E-state index >= 15 is 0 Å². The average molecular weight is 285 g/mol. The van der Waals surface area contributed by atoms with Gasteiger partial charge >= 0.3 is 0 Å². The van der Waals surface area contributed by atoms with Gasteiger partial charge in [0.1, 0.15) is 4.99 Å². The molecule has 3 nitrogen and oxygen atoms in total. The first-order valence-electron chi connectivity index (χ1n) is 6.07. The molecular formula is C13H17ClN2OS. The van der Waals surface area contributed by atoms with E-state index in [4.69, 9.17) is 34.7 Å². The molecule has 98 valence electrons. The molecule has 2 rings (SSSR count). The first kappa shape index (κ1) is 13.6. The number of hydrogen-bond acceptors (Lipinski definition) is 3. The predicted molar refractivity (Wildman–Crippen MR) is 79.4 cm³/mol. The molecule has 0 spiro atoms. The first-order valence-corrected chi connectivity index (χ1v) is 6.85. The highest BCUT2D eigenvalue weighted by Crippen LogP contribution is 2.27. The standard InChI is InChI=1S/C13H17ClN2OS/c14-12-7-10(1-2-11(12)13(15)18)16-5-3-9(8-17)4-6-16/h1-2,7,9,17H,3-6,8H2,(H2,15,18).